The monoisotopic (exact) mass is 355 g/mol. The summed E-state index contributed by atoms with van der Waals surface area (Å²) in [5.41, 5.74) is 3.45. The average molecular weight is 355 g/mol. The van der Waals surface area contributed by atoms with Gasteiger partial charge in [-0.1, -0.05) is 29.3 Å². The van der Waals surface area contributed by atoms with Crippen molar-refractivity contribution >= 4 is 5.91 Å². The number of pyridine rings is 1. The highest BCUT2D eigenvalue weighted by Crippen LogP contribution is 2.20. The second-order valence-corrected chi connectivity index (χ2v) is 7.05. The maximum absolute atomic E-state index is 12.8. The summed E-state index contributed by atoms with van der Waals surface area (Å²) in [5.74, 6) is -0.216. The number of aliphatic hydroxyl groups is 1. The van der Waals surface area contributed by atoms with Gasteiger partial charge < -0.3 is 15.0 Å². The second kappa shape index (κ2) is 7.43. The highest BCUT2D eigenvalue weighted by molar-refractivity contribution is 5.94. The van der Waals surface area contributed by atoms with Crippen LogP contribution in [0.15, 0.2) is 35.3 Å². The van der Waals surface area contributed by atoms with Crippen LogP contribution < -0.4 is 16.2 Å². The SMILES string of the molecule is CNC(O)c1cc(C(=O)NC2CC2)cn(Cc2cc(C)cc(C)c2)c1=O. The third-order valence-electron chi connectivity index (χ3n) is 4.49. The first kappa shape index (κ1) is 18.4. The zero-order chi connectivity index (χ0) is 18.8. The van der Waals surface area contributed by atoms with Gasteiger partial charge in [0.1, 0.15) is 6.23 Å². The molecule has 1 amide bonds. The van der Waals surface area contributed by atoms with E-state index < -0.39 is 6.23 Å². The number of aromatic nitrogens is 1. The molecule has 0 bridgehead atoms. The molecule has 1 fully saturated rings. The lowest BCUT2D eigenvalue weighted by molar-refractivity contribution is 0.0949. The number of hydrogen-bond donors (Lipinski definition) is 3. The van der Waals surface area contributed by atoms with Crippen molar-refractivity contribution in [1.82, 2.24) is 15.2 Å². The number of amides is 1. The van der Waals surface area contributed by atoms with Gasteiger partial charge in [0.05, 0.1) is 17.7 Å². The molecule has 1 heterocycles. The van der Waals surface area contributed by atoms with Crippen LogP contribution in [-0.2, 0) is 6.54 Å². The number of benzene rings is 1. The van der Waals surface area contributed by atoms with Gasteiger partial charge in [0.15, 0.2) is 0 Å². The van der Waals surface area contributed by atoms with E-state index in [2.05, 4.69) is 16.7 Å². The molecule has 3 N–H and O–H groups in total. The predicted molar refractivity (Wildman–Crippen MR) is 100 cm³/mol. The molecule has 3 rings (SSSR count). The standard InChI is InChI=1S/C20H25N3O3/c1-12-6-13(2)8-14(7-12)10-23-11-15(18(24)22-16-4-5-16)9-17(20(23)26)19(25)21-3/h6-9,11,16,19,21,25H,4-5,10H2,1-3H3,(H,22,24). The van der Waals surface area contributed by atoms with E-state index in [-0.39, 0.29) is 23.1 Å². The molecular formula is C20H25N3O3. The van der Waals surface area contributed by atoms with Crippen LogP contribution in [-0.4, -0.2) is 28.7 Å². The summed E-state index contributed by atoms with van der Waals surface area (Å²) < 4.78 is 1.49. The number of hydrogen-bond acceptors (Lipinski definition) is 4. The number of carbonyl (C=O) groups is 1. The third-order valence-corrected chi connectivity index (χ3v) is 4.49. The zero-order valence-electron chi connectivity index (χ0n) is 15.4. The van der Waals surface area contributed by atoms with Crippen molar-refractivity contribution in [3.05, 3.63) is 68.6 Å². The maximum Gasteiger partial charge on any atom is 0.258 e. The Morgan fingerprint density at radius 3 is 2.46 bits per heavy atom. The van der Waals surface area contributed by atoms with Crippen LogP contribution in [0.2, 0.25) is 0 Å². The molecule has 26 heavy (non-hydrogen) atoms. The van der Waals surface area contributed by atoms with Crippen molar-refractivity contribution in [2.75, 3.05) is 7.05 Å². The van der Waals surface area contributed by atoms with Crippen LogP contribution in [0, 0.1) is 13.8 Å². The quantitative estimate of drug-likeness (QED) is 0.688. The van der Waals surface area contributed by atoms with E-state index in [9.17, 15) is 14.7 Å². The van der Waals surface area contributed by atoms with E-state index in [0.29, 0.717) is 12.1 Å². The summed E-state index contributed by atoms with van der Waals surface area (Å²) >= 11 is 0. The van der Waals surface area contributed by atoms with Crippen molar-refractivity contribution in [3.8, 4) is 0 Å². The largest absolute Gasteiger partial charge is 0.374 e. The molecule has 1 saturated carbocycles. The van der Waals surface area contributed by atoms with E-state index >= 15 is 0 Å². The van der Waals surface area contributed by atoms with Gasteiger partial charge in [-0.15, -0.1) is 0 Å². The lowest BCUT2D eigenvalue weighted by Gasteiger charge is -2.15. The molecule has 1 aromatic carbocycles. The van der Waals surface area contributed by atoms with Crippen molar-refractivity contribution in [2.24, 2.45) is 0 Å². The fourth-order valence-corrected chi connectivity index (χ4v) is 3.11. The smallest absolute Gasteiger partial charge is 0.258 e. The minimum Gasteiger partial charge on any atom is -0.374 e. The Bertz CT molecular complexity index is 864. The zero-order valence-corrected chi connectivity index (χ0v) is 15.4. The summed E-state index contributed by atoms with van der Waals surface area (Å²) in [4.78, 5) is 25.2. The van der Waals surface area contributed by atoms with Gasteiger partial charge in [0.25, 0.3) is 11.5 Å². The van der Waals surface area contributed by atoms with Crippen molar-refractivity contribution in [1.29, 1.82) is 0 Å². The summed E-state index contributed by atoms with van der Waals surface area (Å²) in [6, 6.07) is 7.80. The summed E-state index contributed by atoms with van der Waals surface area (Å²) in [6.45, 7) is 4.36. The number of nitrogens with one attached hydrogen (secondary N) is 2. The first-order valence-electron chi connectivity index (χ1n) is 8.85. The highest BCUT2D eigenvalue weighted by Gasteiger charge is 2.25. The van der Waals surface area contributed by atoms with Gasteiger partial charge in [-0.3, -0.25) is 14.9 Å². The fraction of sp³-hybridized carbons (Fsp3) is 0.400. The minimum absolute atomic E-state index is 0.167. The molecule has 6 nitrogen and oxygen atoms in total. The van der Waals surface area contributed by atoms with Crippen LogP contribution >= 0.6 is 0 Å². The van der Waals surface area contributed by atoms with Crippen molar-refractivity contribution < 1.29 is 9.90 Å². The molecule has 0 saturated heterocycles. The molecule has 1 unspecified atom stereocenters. The molecule has 138 valence electrons. The van der Waals surface area contributed by atoms with Gasteiger partial charge in [0, 0.05) is 12.2 Å². The van der Waals surface area contributed by atoms with Crippen molar-refractivity contribution in [2.45, 2.75) is 45.5 Å². The van der Waals surface area contributed by atoms with Crippen LogP contribution in [0.3, 0.4) is 0 Å². The Morgan fingerprint density at radius 1 is 1.23 bits per heavy atom. The van der Waals surface area contributed by atoms with E-state index in [0.717, 1.165) is 29.5 Å². The minimum atomic E-state index is -1.12. The summed E-state index contributed by atoms with van der Waals surface area (Å²) in [7, 11) is 1.56. The molecule has 2 aromatic rings. The van der Waals surface area contributed by atoms with Gasteiger partial charge in [-0.25, -0.2) is 0 Å². The number of nitrogens with zero attached hydrogens (tertiary/aromatic N) is 1. The van der Waals surface area contributed by atoms with Crippen LogP contribution in [0.25, 0.3) is 0 Å². The Balaban J connectivity index is 2.01. The summed E-state index contributed by atoms with van der Waals surface area (Å²) in [5, 5.41) is 15.7. The van der Waals surface area contributed by atoms with E-state index in [1.54, 1.807) is 13.2 Å². The molecule has 0 aliphatic heterocycles. The maximum atomic E-state index is 12.8. The topological polar surface area (TPSA) is 83.4 Å². The number of aryl methyl sites for hydroxylation is 2. The fourth-order valence-electron chi connectivity index (χ4n) is 3.11. The molecule has 1 aromatic heterocycles. The van der Waals surface area contributed by atoms with Gasteiger partial charge >= 0.3 is 0 Å². The molecule has 1 aliphatic rings. The van der Waals surface area contributed by atoms with Crippen LogP contribution in [0.4, 0.5) is 0 Å². The third kappa shape index (κ3) is 4.20. The molecule has 0 spiro atoms. The van der Waals surface area contributed by atoms with Crippen molar-refractivity contribution in [3.63, 3.8) is 0 Å². The van der Waals surface area contributed by atoms with Crippen LogP contribution in [0.5, 0.6) is 0 Å². The Hall–Kier alpha value is -2.44. The van der Waals surface area contributed by atoms with E-state index in [4.69, 9.17) is 0 Å². The van der Waals surface area contributed by atoms with Gasteiger partial charge in [-0.2, -0.15) is 0 Å². The number of rotatable bonds is 6. The van der Waals surface area contributed by atoms with Gasteiger partial charge in [0.2, 0.25) is 0 Å². The average Bonchev–Trinajstić information content (AvgIpc) is 3.39. The normalized spacial score (nSPS) is 14.9. The highest BCUT2D eigenvalue weighted by atomic mass is 16.3. The second-order valence-electron chi connectivity index (χ2n) is 7.05. The van der Waals surface area contributed by atoms with E-state index in [1.165, 1.54) is 10.6 Å². The summed E-state index contributed by atoms with van der Waals surface area (Å²) in [6.07, 6.45) is 2.42. The first-order chi connectivity index (χ1) is 12.4. The number of aliphatic hydroxyl groups excluding tert-OH is 1. The molecule has 6 heteroatoms. The Kier molecular flexibility index (Phi) is 5.25. The first-order valence-corrected chi connectivity index (χ1v) is 8.85. The van der Waals surface area contributed by atoms with Gasteiger partial charge in [-0.05, 0) is 45.4 Å². The lowest BCUT2D eigenvalue weighted by atomic mass is 10.1. The molecular weight excluding hydrogens is 330 g/mol. The van der Waals surface area contributed by atoms with Crippen LogP contribution in [0.1, 0.15) is 51.7 Å². The molecule has 0 radical (unpaired) electrons. The lowest BCUT2D eigenvalue weighted by Crippen LogP contribution is -2.33. The molecule has 1 atom stereocenters. The molecule has 1 aliphatic carbocycles. The Morgan fingerprint density at radius 2 is 1.88 bits per heavy atom. The number of carbonyl (C=O) groups excluding carboxylic acids is 1. The van der Waals surface area contributed by atoms with E-state index in [1.807, 2.05) is 26.0 Å². The predicted octanol–water partition coefficient (Wildman–Crippen LogP) is 1.62. The Labute approximate surface area is 152 Å².